The van der Waals surface area contributed by atoms with E-state index in [9.17, 15) is 0 Å². The SMILES string of the molecule is C=C(CCC(=C)c1ccc(CC)c(CCC)c1)NC(=NC(C)c1ccccc1)SCCC1=CCCC=C1. The van der Waals surface area contributed by atoms with E-state index in [0.29, 0.717) is 0 Å². The molecule has 0 bridgehead atoms. The third-order valence-corrected chi connectivity index (χ3v) is 7.71. The minimum atomic E-state index is 0.0850. The Morgan fingerprint density at radius 3 is 2.51 bits per heavy atom. The van der Waals surface area contributed by atoms with Gasteiger partial charge in [0.25, 0.3) is 0 Å². The molecular formula is C34H44N2S. The third-order valence-electron chi connectivity index (χ3n) is 6.82. The van der Waals surface area contributed by atoms with Gasteiger partial charge >= 0.3 is 0 Å². The van der Waals surface area contributed by atoms with Gasteiger partial charge in [-0.15, -0.1) is 0 Å². The van der Waals surface area contributed by atoms with E-state index in [1.807, 2.05) is 0 Å². The molecule has 0 saturated heterocycles. The summed E-state index contributed by atoms with van der Waals surface area (Å²) in [6.07, 6.45) is 15.4. The maximum atomic E-state index is 5.05. The Kier molecular flexibility index (Phi) is 12.0. The van der Waals surface area contributed by atoms with Crippen molar-refractivity contribution in [2.45, 2.75) is 78.2 Å². The minimum Gasteiger partial charge on any atom is -0.339 e. The molecule has 1 atom stereocenters. The fourth-order valence-corrected chi connectivity index (χ4v) is 5.54. The van der Waals surface area contributed by atoms with Crippen molar-refractivity contribution in [2.75, 3.05) is 5.75 Å². The molecule has 1 unspecified atom stereocenters. The summed E-state index contributed by atoms with van der Waals surface area (Å²) in [5.74, 6) is 0.994. The van der Waals surface area contributed by atoms with Crippen LogP contribution in [-0.4, -0.2) is 10.9 Å². The molecule has 1 aliphatic carbocycles. The molecule has 0 radical (unpaired) electrons. The van der Waals surface area contributed by atoms with Gasteiger partial charge in [-0.05, 0) is 79.7 Å². The predicted octanol–water partition coefficient (Wildman–Crippen LogP) is 9.62. The highest BCUT2D eigenvalue weighted by atomic mass is 32.2. The lowest BCUT2D eigenvalue weighted by atomic mass is 9.94. The average molecular weight is 513 g/mol. The molecule has 0 aromatic heterocycles. The lowest BCUT2D eigenvalue weighted by molar-refractivity contribution is 0.811. The summed E-state index contributed by atoms with van der Waals surface area (Å²) in [7, 11) is 0. The fraction of sp³-hybridized carbons (Fsp3) is 0.382. The van der Waals surface area contributed by atoms with Crippen molar-refractivity contribution in [2.24, 2.45) is 4.99 Å². The summed E-state index contributed by atoms with van der Waals surface area (Å²) in [6, 6.07) is 17.4. The Bertz CT molecular complexity index is 1120. The van der Waals surface area contributed by atoms with Crippen LogP contribution in [0.15, 0.2) is 96.2 Å². The molecule has 0 saturated carbocycles. The maximum absolute atomic E-state index is 5.05. The molecule has 37 heavy (non-hydrogen) atoms. The van der Waals surface area contributed by atoms with Crippen LogP contribution >= 0.6 is 11.8 Å². The van der Waals surface area contributed by atoms with Gasteiger partial charge < -0.3 is 5.32 Å². The number of hydrogen-bond acceptors (Lipinski definition) is 2. The summed E-state index contributed by atoms with van der Waals surface area (Å²) < 4.78 is 0. The van der Waals surface area contributed by atoms with E-state index in [-0.39, 0.29) is 6.04 Å². The van der Waals surface area contributed by atoms with Gasteiger partial charge in [-0.25, -0.2) is 0 Å². The first-order chi connectivity index (χ1) is 18.0. The molecule has 2 nitrogen and oxygen atoms in total. The van der Waals surface area contributed by atoms with Gasteiger partial charge in [-0.3, -0.25) is 4.99 Å². The molecule has 3 heteroatoms. The first-order valence-corrected chi connectivity index (χ1v) is 14.8. The second-order valence-electron chi connectivity index (χ2n) is 9.80. The number of allylic oxidation sites excluding steroid dienone is 6. The Morgan fingerprint density at radius 2 is 1.81 bits per heavy atom. The van der Waals surface area contributed by atoms with Crippen LogP contribution in [0.5, 0.6) is 0 Å². The summed E-state index contributed by atoms with van der Waals surface area (Å²) >= 11 is 1.79. The van der Waals surface area contributed by atoms with Gasteiger partial charge in [0.05, 0.1) is 6.04 Å². The summed E-state index contributed by atoms with van der Waals surface area (Å²) in [5, 5.41) is 4.50. The number of amidine groups is 1. The number of benzene rings is 2. The number of nitrogens with zero attached hydrogens (tertiary/aromatic N) is 1. The van der Waals surface area contributed by atoms with Crippen molar-refractivity contribution in [3.8, 4) is 0 Å². The highest BCUT2D eigenvalue weighted by Crippen LogP contribution is 2.25. The molecule has 0 heterocycles. The largest absolute Gasteiger partial charge is 0.339 e. The first-order valence-electron chi connectivity index (χ1n) is 13.9. The lowest BCUT2D eigenvalue weighted by Gasteiger charge is -2.16. The minimum absolute atomic E-state index is 0.0850. The molecule has 3 rings (SSSR count). The summed E-state index contributed by atoms with van der Waals surface area (Å²) in [5.41, 5.74) is 8.98. The zero-order chi connectivity index (χ0) is 26.5. The van der Waals surface area contributed by atoms with Crippen LogP contribution in [0.4, 0.5) is 0 Å². The van der Waals surface area contributed by atoms with Crippen molar-refractivity contribution in [3.05, 3.63) is 113 Å². The van der Waals surface area contributed by atoms with E-state index in [0.717, 1.165) is 61.6 Å². The zero-order valence-electron chi connectivity index (χ0n) is 23.1. The molecular weight excluding hydrogens is 468 g/mol. The molecule has 196 valence electrons. The van der Waals surface area contributed by atoms with Crippen molar-refractivity contribution in [1.82, 2.24) is 5.32 Å². The second-order valence-corrected chi connectivity index (χ2v) is 10.9. The quantitative estimate of drug-likeness (QED) is 0.213. The van der Waals surface area contributed by atoms with Crippen molar-refractivity contribution < 1.29 is 0 Å². The molecule has 0 amide bonds. The van der Waals surface area contributed by atoms with Gasteiger partial charge in [0.2, 0.25) is 0 Å². The van der Waals surface area contributed by atoms with E-state index in [1.54, 1.807) is 11.8 Å². The number of hydrogen-bond donors (Lipinski definition) is 1. The number of aliphatic imine (C=N–C) groups is 1. The lowest BCUT2D eigenvalue weighted by Crippen LogP contribution is -2.21. The van der Waals surface area contributed by atoms with E-state index >= 15 is 0 Å². The summed E-state index contributed by atoms with van der Waals surface area (Å²) in [6.45, 7) is 15.4. The van der Waals surface area contributed by atoms with E-state index in [4.69, 9.17) is 4.99 Å². The van der Waals surface area contributed by atoms with Crippen LogP contribution in [0.25, 0.3) is 5.57 Å². The van der Waals surface area contributed by atoms with E-state index in [1.165, 1.54) is 39.8 Å². The van der Waals surface area contributed by atoms with Crippen molar-refractivity contribution in [3.63, 3.8) is 0 Å². The van der Waals surface area contributed by atoms with Crippen molar-refractivity contribution >= 4 is 22.5 Å². The Morgan fingerprint density at radius 1 is 1.00 bits per heavy atom. The zero-order valence-corrected chi connectivity index (χ0v) is 23.9. The molecule has 2 aromatic rings. The molecule has 0 fully saturated rings. The smallest absolute Gasteiger partial charge is 0.161 e. The Labute approximate surface area is 229 Å². The molecule has 1 aliphatic rings. The number of aryl methyl sites for hydroxylation is 2. The van der Waals surface area contributed by atoms with E-state index < -0.39 is 0 Å². The number of nitrogens with one attached hydrogen (secondary N) is 1. The van der Waals surface area contributed by atoms with Crippen LogP contribution in [0, 0.1) is 0 Å². The van der Waals surface area contributed by atoms with Gasteiger partial charge in [-0.1, -0.05) is 118 Å². The second kappa shape index (κ2) is 15.5. The molecule has 0 aliphatic heterocycles. The fourth-order valence-electron chi connectivity index (χ4n) is 4.56. The normalized spacial score (nSPS) is 14.2. The van der Waals surface area contributed by atoms with Crippen molar-refractivity contribution in [1.29, 1.82) is 0 Å². The van der Waals surface area contributed by atoms with Gasteiger partial charge in [-0.2, -0.15) is 0 Å². The Hall–Kier alpha value is -2.78. The van der Waals surface area contributed by atoms with E-state index in [2.05, 4.69) is 106 Å². The Balaban J connectivity index is 1.61. The number of rotatable bonds is 13. The average Bonchev–Trinajstić information content (AvgIpc) is 2.93. The standard InChI is InChI=1S/C34H44N2S/c1-6-14-33-25-32(22-21-30(33)7-2)26(3)19-20-27(4)35-34(36-28(5)31-17-12-9-13-18-31)37-24-23-29-15-10-8-11-16-29/h9-10,12-13,15-18,21-22,25,28H,3-4,6-8,11,14,19-20,23-24H2,1-2,5H3,(H,35,36). The number of thioether (sulfide) groups is 1. The monoisotopic (exact) mass is 512 g/mol. The third kappa shape index (κ3) is 9.55. The topological polar surface area (TPSA) is 24.4 Å². The van der Waals surface area contributed by atoms with Gasteiger partial charge in [0.15, 0.2) is 5.17 Å². The van der Waals surface area contributed by atoms with Crippen LogP contribution in [-0.2, 0) is 12.8 Å². The van der Waals surface area contributed by atoms with Crippen LogP contribution in [0.2, 0.25) is 0 Å². The molecule has 2 aromatic carbocycles. The highest BCUT2D eigenvalue weighted by molar-refractivity contribution is 8.13. The van der Waals surface area contributed by atoms with Crippen LogP contribution < -0.4 is 5.32 Å². The maximum Gasteiger partial charge on any atom is 0.161 e. The van der Waals surface area contributed by atoms with Crippen LogP contribution in [0.3, 0.4) is 0 Å². The molecule has 0 spiro atoms. The molecule has 1 N–H and O–H groups in total. The predicted molar refractivity (Wildman–Crippen MR) is 166 cm³/mol. The van der Waals surface area contributed by atoms with Crippen LogP contribution in [0.1, 0.15) is 87.6 Å². The first kappa shape index (κ1) is 28.8. The van der Waals surface area contributed by atoms with Gasteiger partial charge in [0, 0.05) is 11.4 Å². The van der Waals surface area contributed by atoms with Gasteiger partial charge in [0.1, 0.15) is 0 Å². The highest BCUT2D eigenvalue weighted by Gasteiger charge is 2.10. The summed E-state index contributed by atoms with van der Waals surface area (Å²) in [4.78, 5) is 5.05.